The molecule has 0 saturated heterocycles. The van der Waals surface area contributed by atoms with Gasteiger partial charge in [0, 0.05) is 11.0 Å². The number of rotatable bonds is 4. The molecule has 2 rings (SSSR count). The highest BCUT2D eigenvalue weighted by Gasteiger charge is 2.41. The number of phenols is 1. The maximum Gasteiger partial charge on any atom is 0.255 e. The first-order chi connectivity index (χ1) is 8.46. The van der Waals surface area contributed by atoms with E-state index in [1.165, 1.54) is 6.07 Å². The van der Waals surface area contributed by atoms with Gasteiger partial charge in [0.25, 0.3) is 5.91 Å². The Labute approximate surface area is 115 Å². The van der Waals surface area contributed by atoms with Crippen molar-refractivity contribution in [3.8, 4) is 5.75 Å². The molecule has 1 aliphatic rings. The molecule has 1 saturated carbocycles. The topological polar surface area (TPSA) is 75.3 Å². The van der Waals surface area contributed by atoms with Gasteiger partial charge in [-0.15, -0.1) is 0 Å². The molecule has 4 N–H and O–H groups in total. The first-order valence-electron chi connectivity index (χ1n) is 5.97. The lowest BCUT2D eigenvalue weighted by Gasteiger charge is -2.29. The first-order valence-corrected chi connectivity index (χ1v) is 6.76. The Balaban J connectivity index is 2.18. The molecule has 18 heavy (non-hydrogen) atoms. The van der Waals surface area contributed by atoms with E-state index in [1.54, 1.807) is 12.1 Å². The summed E-state index contributed by atoms with van der Waals surface area (Å²) in [5.74, 6) is 0.139. The van der Waals surface area contributed by atoms with Crippen molar-refractivity contribution in [1.29, 1.82) is 0 Å². The molecule has 1 fully saturated rings. The van der Waals surface area contributed by atoms with Crippen LogP contribution in [0.15, 0.2) is 22.7 Å². The number of phenolic OH excluding ortho intramolecular Hbond substituents is 1. The van der Waals surface area contributed by atoms with E-state index in [1.807, 2.05) is 6.92 Å². The number of halogens is 1. The van der Waals surface area contributed by atoms with Gasteiger partial charge in [0.1, 0.15) is 5.75 Å². The van der Waals surface area contributed by atoms with Crippen molar-refractivity contribution in [1.82, 2.24) is 5.32 Å². The zero-order valence-corrected chi connectivity index (χ0v) is 11.8. The predicted octanol–water partition coefficient (Wildman–Crippen LogP) is 2.01. The van der Waals surface area contributed by atoms with Crippen LogP contribution >= 0.6 is 15.9 Å². The van der Waals surface area contributed by atoms with Crippen molar-refractivity contribution < 1.29 is 9.90 Å². The van der Waals surface area contributed by atoms with E-state index in [2.05, 4.69) is 21.2 Å². The number of carbonyl (C=O) groups is 1. The lowest BCUT2D eigenvalue weighted by atomic mass is 9.95. The van der Waals surface area contributed by atoms with Gasteiger partial charge in [0.2, 0.25) is 0 Å². The highest BCUT2D eigenvalue weighted by molar-refractivity contribution is 9.10. The third kappa shape index (κ3) is 2.67. The minimum absolute atomic E-state index is 0.0223. The van der Waals surface area contributed by atoms with Crippen LogP contribution in [-0.2, 0) is 0 Å². The highest BCUT2D eigenvalue weighted by Crippen LogP contribution is 2.39. The van der Waals surface area contributed by atoms with E-state index in [9.17, 15) is 9.90 Å². The monoisotopic (exact) mass is 312 g/mol. The molecule has 1 aromatic rings. The molecule has 0 spiro atoms. The van der Waals surface area contributed by atoms with Gasteiger partial charge in [0.15, 0.2) is 0 Å². The molecule has 1 atom stereocenters. The van der Waals surface area contributed by atoms with Crippen LogP contribution < -0.4 is 11.1 Å². The van der Waals surface area contributed by atoms with Crippen LogP contribution in [0.25, 0.3) is 0 Å². The largest absolute Gasteiger partial charge is 0.507 e. The van der Waals surface area contributed by atoms with Crippen LogP contribution in [0.5, 0.6) is 5.75 Å². The standard InChI is InChI=1S/C13H17BrN2O2/c1-13(7-15,8-2-3-8)16-12(18)10-6-9(14)4-5-11(10)17/h4-6,8,17H,2-3,7,15H2,1H3,(H,16,18). The average molecular weight is 313 g/mol. The third-order valence-electron chi connectivity index (χ3n) is 3.50. The van der Waals surface area contributed by atoms with Crippen LogP contribution in [-0.4, -0.2) is 23.1 Å². The van der Waals surface area contributed by atoms with Crippen molar-refractivity contribution in [3.63, 3.8) is 0 Å². The van der Waals surface area contributed by atoms with E-state index in [0.29, 0.717) is 12.5 Å². The number of hydrogen-bond acceptors (Lipinski definition) is 3. The van der Waals surface area contributed by atoms with Gasteiger partial charge in [-0.25, -0.2) is 0 Å². The van der Waals surface area contributed by atoms with Crippen LogP contribution in [0.4, 0.5) is 0 Å². The molecular weight excluding hydrogens is 296 g/mol. The Hall–Kier alpha value is -1.07. The number of hydrogen-bond donors (Lipinski definition) is 3. The maximum atomic E-state index is 12.2. The molecular formula is C13H17BrN2O2. The molecule has 5 heteroatoms. The quantitative estimate of drug-likeness (QED) is 0.796. The summed E-state index contributed by atoms with van der Waals surface area (Å²) in [6, 6.07) is 4.79. The zero-order chi connectivity index (χ0) is 13.3. The van der Waals surface area contributed by atoms with Gasteiger partial charge in [-0.2, -0.15) is 0 Å². The van der Waals surface area contributed by atoms with E-state index in [4.69, 9.17) is 5.73 Å². The minimum Gasteiger partial charge on any atom is -0.507 e. The van der Waals surface area contributed by atoms with Gasteiger partial charge in [0.05, 0.1) is 11.1 Å². The molecule has 1 aliphatic carbocycles. The number of nitrogens with two attached hydrogens (primary N) is 1. The molecule has 0 aromatic heterocycles. The highest BCUT2D eigenvalue weighted by atomic mass is 79.9. The third-order valence-corrected chi connectivity index (χ3v) is 4.00. The van der Waals surface area contributed by atoms with Crippen molar-refractivity contribution >= 4 is 21.8 Å². The molecule has 0 bridgehead atoms. The predicted molar refractivity (Wildman–Crippen MR) is 73.5 cm³/mol. The number of carbonyl (C=O) groups excluding carboxylic acids is 1. The van der Waals surface area contributed by atoms with Crippen LogP contribution in [0.1, 0.15) is 30.1 Å². The van der Waals surface area contributed by atoms with Gasteiger partial charge in [-0.1, -0.05) is 15.9 Å². The Morgan fingerprint density at radius 1 is 1.61 bits per heavy atom. The fourth-order valence-corrected chi connectivity index (χ4v) is 2.42. The average Bonchev–Trinajstić information content (AvgIpc) is 3.16. The summed E-state index contributed by atoms with van der Waals surface area (Å²) >= 11 is 3.29. The summed E-state index contributed by atoms with van der Waals surface area (Å²) < 4.78 is 0.756. The number of amides is 1. The van der Waals surface area contributed by atoms with Crippen molar-refractivity contribution in [2.24, 2.45) is 11.7 Å². The molecule has 1 unspecified atom stereocenters. The molecule has 1 amide bonds. The van der Waals surface area contributed by atoms with Gasteiger partial charge in [-0.3, -0.25) is 4.79 Å². The number of nitrogens with one attached hydrogen (secondary N) is 1. The van der Waals surface area contributed by atoms with E-state index in [0.717, 1.165) is 17.3 Å². The first kappa shape index (κ1) is 13.4. The van der Waals surface area contributed by atoms with E-state index >= 15 is 0 Å². The van der Waals surface area contributed by atoms with E-state index < -0.39 is 0 Å². The fourth-order valence-electron chi connectivity index (χ4n) is 2.06. The Kier molecular flexibility index (Phi) is 3.64. The smallest absolute Gasteiger partial charge is 0.255 e. The lowest BCUT2D eigenvalue weighted by molar-refractivity contribution is 0.0895. The SMILES string of the molecule is CC(CN)(NC(=O)c1cc(Br)ccc1O)C1CC1. The summed E-state index contributed by atoms with van der Waals surface area (Å²) in [4.78, 5) is 12.2. The fraction of sp³-hybridized carbons (Fsp3) is 0.462. The van der Waals surface area contributed by atoms with Crippen LogP contribution in [0.3, 0.4) is 0 Å². The second kappa shape index (κ2) is 4.90. The Bertz CT molecular complexity index is 474. The summed E-state index contributed by atoms with van der Waals surface area (Å²) in [5, 5.41) is 12.7. The summed E-state index contributed by atoms with van der Waals surface area (Å²) in [5.41, 5.74) is 5.64. The normalized spacial score (nSPS) is 18.2. The van der Waals surface area contributed by atoms with Gasteiger partial charge < -0.3 is 16.2 Å². The van der Waals surface area contributed by atoms with E-state index in [-0.39, 0.29) is 22.8 Å². The van der Waals surface area contributed by atoms with Crippen molar-refractivity contribution in [2.45, 2.75) is 25.3 Å². The molecule has 0 heterocycles. The lowest BCUT2D eigenvalue weighted by Crippen LogP contribution is -2.53. The second-order valence-electron chi connectivity index (χ2n) is 5.01. The Morgan fingerprint density at radius 2 is 2.28 bits per heavy atom. The molecule has 1 aromatic carbocycles. The maximum absolute atomic E-state index is 12.2. The van der Waals surface area contributed by atoms with Crippen LogP contribution in [0.2, 0.25) is 0 Å². The summed E-state index contributed by atoms with van der Waals surface area (Å²) in [7, 11) is 0. The number of benzene rings is 1. The molecule has 0 aliphatic heterocycles. The minimum atomic E-state index is -0.383. The van der Waals surface area contributed by atoms with Gasteiger partial charge in [-0.05, 0) is 43.9 Å². The zero-order valence-electron chi connectivity index (χ0n) is 10.2. The number of aromatic hydroxyl groups is 1. The van der Waals surface area contributed by atoms with Crippen molar-refractivity contribution in [3.05, 3.63) is 28.2 Å². The second-order valence-corrected chi connectivity index (χ2v) is 5.93. The van der Waals surface area contributed by atoms with Crippen molar-refractivity contribution in [2.75, 3.05) is 6.54 Å². The molecule has 0 radical (unpaired) electrons. The van der Waals surface area contributed by atoms with Gasteiger partial charge >= 0.3 is 0 Å². The van der Waals surface area contributed by atoms with Crippen LogP contribution in [0, 0.1) is 5.92 Å². The Morgan fingerprint density at radius 3 is 2.83 bits per heavy atom. The summed E-state index contributed by atoms with van der Waals surface area (Å²) in [6.45, 7) is 2.36. The summed E-state index contributed by atoms with van der Waals surface area (Å²) in [6.07, 6.45) is 2.19. The molecule has 4 nitrogen and oxygen atoms in total. The molecule has 98 valence electrons.